The molecule has 0 aromatic rings. The summed E-state index contributed by atoms with van der Waals surface area (Å²) in [5.74, 6) is -1.02. The van der Waals surface area contributed by atoms with Gasteiger partial charge >= 0.3 is 0 Å². The zero-order valence-corrected chi connectivity index (χ0v) is 12.3. The van der Waals surface area contributed by atoms with Crippen molar-refractivity contribution in [2.24, 2.45) is 0 Å². The van der Waals surface area contributed by atoms with Crippen LogP contribution < -0.4 is 0 Å². The van der Waals surface area contributed by atoms with Gasteiger partial charge in [-0.1, -0.05) is 22.6 Å². The number of halogens is 1. The molecule has 94 valence electrons. The zero-order valence-electron chi connectivity index (χ0n) is 10.2. The highest BCUT2D eigenvalue weighted by atomic mass is 127. The molecule has 0 bridgehead atoms. The van der Waals surface area contributed by atoms with Crippen molar-refractivity contribution in [3.63, 3.8) is 0 Å². The van der Waals surface area contributed by atoms with Crippen LogP contribution in [0.2, 0.25) is 0 Å². The molecule has 0 unspecified atom stereocenters. The van der Waals surface area contributed by atoms with E-state index in [1.54, 1.807) is 0 Å². The first-order valence-electron chi connectivity index (χ1n) is 5.56. The van der Waals surface area contributed by atoms with Crippen LogP contribution in [0.4, 0.5) is 0 Å². The first-order valence-corrected chi connectivity index (χ1v) is 7.09. The fourth-order valence-corrected chi connectivity index (χ4v) is 2.86. The lowest BCUT2D eigenvalue weighted by molar-refractivity contribution is -0.174. The third-order valence-electron chi connectivity index (χ3n) is 2.77. The second kappa shape index (κ2) is 4.35. The van der Waals surface area contributed by atoms with Gasteiger partial charge < -0.3 is 18.9 Å². The van der Waals surface area contributed by atoms with Gasteiger partial charge in [-0.05, 0) is 27.7 Å². The number of hydrogen-bond donors (Lipinski definition) is 0. The van der Waals surface area contributed by atoms with Crippen LogP contribution in [0.1, 0.15) is 27.7 Å². The van der Waals surface area contributed by atoms with Crippen LogP contribution in [-0.2, 0) is 18.9 Å². The maximum atomic E-state index is 5.90. The molecule has 0 aromatic carbocycles. The molecule has 2 saturated heterocycles. The molecule has 4 nitrogen and oxygen atoms in total. The van der Waals surface area contributed by atoms with Crippen LogP contribution in [0.3, 0.4) is 0 Å². The van der Waals surface area contributed by atoms with Gasteiger partial charge in [0.2, 0.25) is 0 Å². The highest BCUT2D eigenvalue weighted by Crippen LogP contribution is 2.35. The monoisotopic (exact) mass is 342 g/mol. The molecule has 3 atom stereocenters. The Kier molecular flexibility index (Phi) is 3.54. The first-order chi connectivity index (χ1) is 7.33. The Balaban J connectivity index is 2.04. The Hall–Kier alpha value is 0.570. The van der Waals surface area contributed by atoms with Gasteiger partial charge in [-0.25, -0.2) is 0 Å². The van der Waals surface area contributed by atoms with Gasteiger partial charge in [0, 0.05) is 4.43 Å². The fourth-order valence-electron chi connectivity index (χ4n) is 2.17. The minimum Gasteiger partial charge on any atom is -0.348 e. The summed E-state index contributed by atoms with van der Waals surface area (Å²) in [4.78, 5) is 0. The molecule has 2 aliphatic rings. The molecule has 2 fully saturated rings. The Labute approximate surface area is 110 Å². The molecule has 2 rings (SSSR count). The molecule has 0 spiro atoms. The predicted molar refractivity (Wildman–Crippen MR) is 67.6 cm³/mol. The number of hydrogen-bond acceptors (Lipinski definition) is 4. The van der Waals surface area contributed by atoms with Crippen LogP contribution in [0, 0.1) is 0 Å². The molecule has 2 aliphatic heterocycles. The third kappa shape index (κ3) is 2.69. The topological polar surface area (TPSA) is 36.9 Å². The van der Waals surface area contributed by atoms with E-state index in [0.29, 0.717) is 6.61 Å². The molecule has 2 heterocycles. The Bertz CT molecular complexity index is 267. The molecule has 0 N–H and O–H groups in total. The van der Waals surface area contributed by atoms with Crippen LogP contribution >= 0.6 is 22.6 Å². The van der Waals surface area contributed by atoms with Crippen molar-refractivity contribution in [1.29, 1.82) is 0 Å². The van der Waals surface area contributed by atoms with E-state index in [1.807, 2.05) is 27.7 Å². The van der Waals surface area contributed by atoms with Crippen LogP contribution in [0.25, 0.3) is 0 Å². The minimum absolute atomic E-state index is 0.0310. The molecule has 5 heteroatoms. The lowest BCUT2D eigenvalue weighted by Gasteiger charge is -2.23. The van der Waals surface area contributed by atoms with E-state index in [-0.39, 0.29) is 18.3 Å². The van der Waals surface area contributed by atoms with Gasteiger partial charge in [0.15, 0.2) is 11.6 Å². The average Bonchev–Trinajstić information content (AvgIpc) is 2.65. The van der Waals surface area contributed by atoms with Crippen molar-refractivity contribution in [3.05, 3.63) is 0 Å². The second-order valence-corrected chi connectivity index (χ2v) is 6.04. The Morgan fingerprint density at radius 1 is 1.06 bits per heavy atom. The number of rotatable bonds is 2. The molecule has 0 radical (unpaired) electrons. The lowest BCUT2D eigenvalue weighted by Crippen LogP contribution is -2.38. The van der Waals surface area contributed by atoms with E-state index >= 15 is 0 Å². The lowest BCUT2D eigenvalue weighted by atomic mass is 10.1. The fraction of sp³-hybridized carbons (Fsp3) is 1.00. The first kappa shape index (κ1) is 13.0. The molecule has 0 aromatic heterocycles. The van der Waals surface area contributed by atoms with Crippen LogP contribution in [0.5, 0.6) is 0 Å². The zero-order chi connectivity index (χ0) is 12.0. The molecule has 16 heavy (non-hydrogen) atoms. The van der Waals surface area contributed by atoms with E-state index in [2.05, 4.69) is 22.6 Å². The van der Waals surface area contributed by atoms with Gasteiger partial charge in [0.1, 0.15) is 12.2 Å². The second-order valence-electron chi connectivity index (χ2n) is 5.16. The van der Waals surface area contributed by atoms with Crippen molar-refractivity contribution in [2.45, 2.75) is 57.6 Å². The number of ether oxygens (including phenoxy) is 4. The quantitative estimate of drug-likeness (QED) is 0.569. The van der Waals surface area contributed by atoms with Crippen molar-refractivity contribution in [3.8, 4) is 0 Å². The third-order valence-corrected chi connectivity index (χ3v) is 3.64. The maximum Gasteiger partial charge on any atom is 0.163 e. The average molecular weight is 342 g/mol. The summed E-state index contributed by atoms with van der Waals surface area (Å²) in [6.07, 6.45) is 0.0170. The summed E-state index contributed by atoms with van der Waals surface area (Å²) in [7, 11) is 0. The van der Waals surface area contributed by atoms with Crippen molar-refractivity contribution in [2.75, 3.05) is 11.0 Å². The van der Waals surface area contributed by atoms with E-state index in [4.69, 9.17) is 18.9 Å². The largest absolute Gasteiger partial charge is 0.348 e. The summed E-state index contributed by atoms with van der Waals surface area (Å²) in [5, 5.41) is 0. The number of alkyl halides is 1. The van der Waals surface area contributed by atoms with Gasteiger partial charge in [0.25, 0.3) is 0 Å². The van der Waals surface area contributed by atoms with Gasteiger partial charge in [0.05, 0.1) is 12.7 Å². The Morgan fingerprint density at radius 2 is 1.75 bits per heavy atom. The normalized spacial score (nSPS) is 41.4. The molecule has 0 saturated carbocycles. The molecular weight excluding hydrogens is 323 g/mol. The SMILES string of the molecule is CC1(C)OC[C@H]([C@H]2OC(C)(C)O[C@@H]2CI)O1. The molecular formula is C11H19IO4. The summed E-state index contributed by atoms with van der Waals surface area (Å²) in [5.41, 5.74) is 0. The van der Waals surface area contributed by atoms with Gasteiger partial charge in [-0.2, -0.15) is 0 Å². The Morgan fingerprint density at radius 3 is 2.25 bits per heavy atom. The molecule has 0 aliphatic carbocycles. The smallest absolute Gasteiger partial charge is 0.163 e. The van der Waals surface area contributed by atoms with E-state index in [9.17, 15) is 0 Å². The predicted octanol–water partition coefficient (Wildman–Crippen LogP) is 2.09. The van der Waals surface area contributed by atoms with Crippen molar-refractivity contribution < 1.29 is 18.9 Å². The van der Waals surface area contributed by atoms with Crippen molar-refractivity contribution in [1.82, 2.24) is 0 Å². The van der Waals surface area contributed by atoms with Gasteiger partial charge in [-0.3, -0.25) is 0 Å². The summed E-state index contributed by atoms with van der Waals surface area (Å²) >= 11 is 2.32. The standard InChI is InChI=1S/C11H19IO4/c1-10(2)13-6-8(15-10)9-7(5-12)14-11(3,4)16-9/h7-9H,5-6H2,1-4H3/t7-,8-,9+/m1/s1. The summed E-state index contributed by atoms with van der Waals surface area (Å²) < 4.78 is 24.0. The summed E-state index contributed by atoms with van der Waals surface area (Å²) in [6, 6.07) is 0. The maximum absolute atomic E-state index is 5.90. The highest BCUT2D eigenvalue weighted by Gasteiger charge is 2.49. The minimum atomic E-state index is -0.517. The van der Waals surface area contributed by atoms with Crippen molar-refractivity contribution >= 4 is 22.6 Å². The van der Waals surface area contributed by atoms with Crippen LogP contribution in [0.15, 0.2) is 0 Å². The van der Waals surface area contributed by atoms with E-state index in [0.717, 1.165) is 4.43 Å². The van der Waals surface area contributed by atoms with E-state index < -0.39 is 11.6 Å². The van der Waals surface area contributed by atoms with Gasteiger partial charge in [-0.15, -0.1) is 0 Å². The highest BCUT2D eigenvalue weighted by molar-refractivity contribution is 14.1. The van der Waals surface area contributed by atoms with E-state index in [1.165, 1.54) is 0 Å². The summed E-state index contributed by atoms with van der Waals surface area (Å²) in [6.45, 7) is 8.30. The molecule has 0 amide bonds. The van der Waals surface area contributed by atoms with Crippen LogP contribution in [-0.4, -0.2) is 40.9 Å².